The normalized spacial score (nSPS) is 16.4. The highest BCUT2D eigenvalue weighted by Crippen LogP contribution is 2.51. The van der Waals surface area contributed by atoms with Crippen LogP contribution in [0.4, 0.5) is 0 Å². The molecule has 1 aromatic carbocycles. The summed E-state index contributed by atoms with van der Waals surface area (Å²) in [5.74, 6) is 0. The number of nitriles is 1. The topological polar surface area (TPSA) is 44.5 Å². The first-order valence-electron chi connectivity index (χ1n) is 6.80. The summed E-state index contributed by atoms with van der Waals surface area (Å²) in [5, 5.41) is 9.03. The molecule has 0 radical (unpaired) electrons. The standard InChI is InChI=1S/C15H17N3S/c1-2-5-15(6-7-15)10-18-13-8-11(9-16)3-4-12(13)17-14(18)19/h3-4,8H,2,5-7,10H2,1H3,(H,17,19). The number of H-pyrrole nitrogens is 1. The van der Waals surface area contributed by atoms with Gasteiger partial charge in [0.05, 0.1) is 22.7 Å². The Labute approximate surface area is 117 Å². The maximum Gasteiger partial charge on any atom is 0.178 e. The van der Waals surface area contributed by atoms with Crippen molar-refractivity contribution in [2.24, 2.45) is 5.41 Å². The van der Waals surface area contributed by atoms with Gasteiger partial charge in [-0.15, -0.1) is 0 Å². The number of aromatic nitrogens is 2. The summed E-state index contributed by atoms with van der Waals surface area (Å²) in [4.78, 5) is 3.24. The van der Waals surface area contributed by atoms with Crippen molar-refractivity contribution >= 4 is 23.3 Å². The van der Waals surface area contributed by atoms with E-state index in [-0.39, 0.29) is 0 Å². The Morgan fingerprint density at radius 3 is 2.89 bits per heavy atom. The number of benzene rings is 1. The van der Waals surface area contributed by atoms with Gasteiger partial charge in [0.1, 0.15) is 0 Å². The van der Waals surface area contributed by atoms with Crippen LogP contribution in [-0.4, -0.2) is 9.55 Å². The maximum absolute atomic E-state index is 9.03. The fraction of sp³-hybridized carbons (Fsp3) is 0.467. The van der Waals surface area contributed by atoms with Gasteiger partial charge in [-0.2, -0.15) is 5.26 Å². The molecular weight excluding hydrogens is 254 g/mol. The lowest BCUT2D eigenvalue weighted by Crippen LogP contribution is -2.11. The van der Waals surface area contributed by atoms with E-state index in [2.05, 4.69) is 22.5 Å². The maximum atomic E-state index is 9.03. The molecule has 0 saturated heterocycles. The van der Waals surface area contributed by atoms with Crippen molar-refractivity contribution in [1.29, 1.82) is 5.26 Å². The first-order chi connectivity index (χ1) is 9.17. The second-order valence-corrected chi connectivity index (χ2v) is 6.00. The molecule has 98 valence electrons. The van der Waals surface area contributed by atoms with Gasteiger partial charge < -0.3 is 9.55 Å². The molecule has 1 N–H and O–H groups in total. The van der Waals surface area contributed by atoms with Gasteiger partial charge in [0, 0.05) is 6.54 Å². The van der Waals surface area contributed by atoms with Gasteiger partial charge in [0.15, 0.2) is 4.77 Å². The molecule has 1 aromatic heterocycles. The molecule has 0 unspecified atom stereocenters. The summed E-state index contributed by atoms with van der Waals surface area (Å²) in [5.41, 5.74) is 3.23. The predicted molar refractivity (Wildman–Crippen MR) is 78.4 cm³/mol. The molecule has 1 aliphatic rings. The molecule has 0 amide bonds. The average molecular weight is 271 g/mol. The van der Waals surface area contributed by atoms with Crippen molar-refractivity contribution in [2.75, 3.05) is 0 Å². The van der Waals surface area contributed by atoms with E-state index in [1.807, 2.05) is 18.2 Å². The molecule has 1 heterocycles. The molecule has 0 spiro atoms. The Bertz CT molecular complexity index is 713. The minimum Gasteiger partial charge on any atom is -0.331 e. The summed E-state index contributed by atoms with van der Waals surface area (Å²) >= 11 is 5.44. The lowest BCUT2D eigenvalue weighted by molar-refractivity contribution is 0.391. The van der Waals surface area contributed by atoms with E-state index in [0.717, 1.165) is 22.3 Å². The second-order valence-electron chi connectivity index (χ2n) is 5.61. The fourth-order valence-corrected chi connectivity index (χ4v) is 3.18. The third-order valence-corrected chi connectivity index (χ3v) is 4.46. The van der Waals surface area contributed by atoms with Gasteiger partial charge in [-0.3, -0.25) is 0 Å². The largest absolute Gasteiger partial charge is 0.331 e. The van der Waals surface area contributed by atoms with Crippen LogP contribution in [0.25, 0.3) is 11.0 Å². The minimum absolute atomic E-state index is 0.449. The van der Waals surface area contributed by atoms with Crippen LogP contribution >= 0.6 is 12.2 Å². The van der Waals surface area contributed by atoms with E-state index >= 15 is 0 Å². The van der Waals surface area contributed by atoms with Crippen LogP contribution in [0.1, 0.15) is 38.2 Å². The third-order valence-electron chi connectivity index (χ3n) is 4.14. The van der Waals surface area contributed by atoms with Gasteiger partial charge in [0.2, 0.25) is 0 Å². The lowest BCUT2D eigenvalue weighted by atomic mass is 10.0. The molecule has 2 aromatic rings. The molecule has 1 fully saturated rings. The van der Waals surface area contributed by atoms with Gasteiger partial charge in [-0.25, -0.2) is 0 Å². The second kappa shape index (κ2) is 4.50. The zero-order valence-corrected chi connectivity index (χ0v) is 11.9. The molecule has 4 heteroatoms. The highest BCUT2D eigenvalue weighted by atomic mass is 32.1. The van der Waals surface area contributed by atoms with E-state index in [9.17, 15) is 0 Å². The highest BCUT2D eigenvalue weighted by molar-refractivity contribution is 7.71. The van der Waals surface area contributed by atoms with E-state index in [1.54, 1.807) is 0 Å². The number of rotatable bonds is 4. The number of nitrogens with zero attached hydrogens (tertiary/aromatic N) is 2. The predicted octanol–water partition coefficient (Wildman–Crippen LogP) is 4.15. The molecule has 0 aliphatic heterocycles. The van der Waals surface area contributed by atoms with Crippen molar-refractivity contribution in [3.63, 3.8) is 0 Å². The molecular formula is C15H17N3S. The van der Waals surface area contributed by atoms with Crippen LogP contribution < -0.4 is 0 Å². The Morgan fingerprint density at radius 1 is 1.47 bits per heavy atom. The minimum atomic E-state index is 0.449. The van der Waals surface area contributed by atoms with Gasteiger partial charge in [0.25, 0.3) is 0 Å². The number of nitrogens with one attached hydrogen (secondary N) is 1. The molecule has 3 nitrogen and oxygen atoms in total. The Morgan fingerprint density at radius 2 is 2.26 bits per heavy atom. The van der Waals surface area contributed by atoms with Crippen molar-refractivity contribution in [2.45, 2.75) is 39.2 Å². The molecule has 19 heavy (non-hydrogen) atoms. The third kappa shape index (κ3) is 2.19. The van der Waals surface area contributed by atoms with E-state index in [1.165, 1.54) is 25.7 Å². The quantitative estimate of drug-likeness (QED) is 0.849. The van der Waals surface area contributed by atoms with Crippen LogP contribution in [-0.2, 0) is 6.54 Å². The van der Waals surface area contributed by atoms with Gasteiger partial charge in [-0.1, -0.05) is 13.3 Å². The molecule has 0 atom stereocenters. The van der Waals surface area contributed by atoms with Crippen molar-refractivity contribution < 1.29 is 0 Å². The summed E-state index contributed by atoms with van der Waals surface area (Å²) in [6.45, 7) is 3.22. The molecule has 0 bridgehead atoms. The Balaban J connectivity index is 2.05. The Hall–Kier alpha value is -1.60. The number of fused-ring (bicyclic) bond motifs is 1. The van der Waals surface area contributed by atoms with E-state index in [4.69, 9.17) is 17.5 Å². The SMILES string of the molecule is CCCC1(Cn2c(=S)[nH]c3ccc(C#N)cc32)CC1. The Kier molecular flexibility index (Phi) is 2.94. The van der Waals surface area contributed by atoms with Gasteiger partial charge in [-0.05, 0) is 55.1 Å². The number of hydrogen-bond donors (Lipinski definition) is 1. The highest BCUT2D eigenvalue weighted by Gasteiger charge is 2.42. The summed E-state index contributed by atoms with van der Waals surface area (Å²) in [6, 6.07) is 7.91. The number of hydrogen-bond acceptors (Lipinski definition) is 2. The van der Waals surface area contributed by atoms with E-state index < -0.39 is 0 Å². The average Bonchev–Trinajstić information content (AvgIpc) is 3.10. The van der Waals surface area contributed by atoms with Gasteiger partial charge >= 0.3 is 0 Å². The zero-order chi connectivity index (χ0) is 13.5. The van der Waals surface area contributed by atoms with Crippen LogP contribution in [0, 0.1) is 21.5 Å². The summed E-state index contributed by atoms with van der Waals surface area (Å²) < 4.78 is 2.95. The van der Waals surface area contributed by atoms with Crippen LogP contribution in [0.2, 0.25) is 0 Å². The number of imidazole rings is 1. The van der Waals surface area contributed by atoms with Crippen LogP contribution in [0.15, 0.2) is 18.2 Å². The first-order valence-corrected chi connectivity index (χ1v) is 7.21. The number of aromatic amines is 1. The lowest BCUT2D eigenvalue weighted by Gasteiger charge is -2.15. The molecule has 1 aliphatic carbocycles. The smallest absolute Gasteiger partial charge is 0.178 e. The molecule has 1 saturated carbocycles. The zero-order valence-electron chi connectivity index (χ0n) is 11.1. The van der Waals surface area contributed by atoms with Crippen LogP contribution in [0.3, 0.4) is 0 Å². The van der Waals surface area contributed by atoms with Crippen molar-refractivity contribution in [1.82, 2.24) is 9.55 Å². The fourth-order valence-electron chi connectivity index (χ4n) is 2.91. The van der Waals surface area contributed by atoms with Crippen LogP contribution in [0.5, 0.6) is 0 Å². The molecule has 3 rings (SSSR count). The first kappa shape index (κ1) is 12.4. The van der Waals surface area contributed by atoms with Crippen molar-refractivity contribution in [3.8, 4) is 6.07 Å². The monoisotopic (exact) mass is 271 g/mol. The summed E-state index contributed by atoms with van der Waals surface area (Å²) in [7, 11) is 0. The van der Waals surface area contributed by atoms with E-state index in [0.29, 0.717) is 11.0 Å². The summed E-state index contributed by atoms with van der Waals surface area (Å²) in [6.07, 6.45) is 5.08. The van der Waals surface area contributed by atoms with Crippen molar-refractivity contribution in [3.05, 3.63) is 28.5 Å².